The number of nitrogens with zero attached hydrogens (tertiary/aromatic N) is 2. The Morgan fingerprint density at radius 3 is 2.45 bits per heavy atom. The van der Waals surface area contributed by atoms with E-state index in [9.17, 15) is 5.11 Å². The number of aliphatic hydroxyl groups excluding tert-OH is 1. The number of aryl methyl sites for hydroxylation is 3. The summed E-state index contributed by atoms with van der Waals surface area (Å²) in [5, 5.41) is 9.35. The highest BCUT2D eigenvalue weighted by molar-refractivity contribution is 5.78. The van der Waals surface area contributed by atoms with Crippen molar-refractivity contribution in [2.75, 3.05) is 6.61 Å². The molecular formula is C19H22N2O. The van der Waals surface area contributed by atoms with Gasteiger partial charge in [0.1, 0.15) is 5.82 Å². The van der Waals surface area contributed by atoms with Gasteiger partial charge in [-0.05, 0) is 55.2 Å². The lowest BCUT2D eigenvalue weighted by molar-refractivity contribution is 0.295. The molecule has 0 bridgehead atoms. The highest BCUT2D eigenvalue weighted by Gasteiger charge is 2.12. The number of rotatable bonds is 4. The molecule has 22 heavy (non-hydrogen) atoms. The van der Waals surface area contributed by atoms with Crippen molar-refractivity contribution >= 4 is 11.0 Å². The molecule has 2 aromatic carbocycles. The first-order valence-corrected chi connectivity index (χ1v) is 7.72. The zero-order chi connectivity index (χ0) is 15.7. The van der Waals surface area contributed by atoms with Gasteiger partial charge in [0.25, 0.3) is 0 Å². The minimum atomic E-state index is 0.120. The molecule has 0 saturated heterocycles. The van der Waals surface area contributed by atoms with Crippen molar-refractivity contribution in [3.05, 3.63) is 64.5 Å². The van der Waals surface area contributed by atoms with Gasteiger partial charge in [-0.25, -0.2) is 4.98 Å². The van der Waals surface area contributed by atoms with Gasteiger partial charge in [-0.2, -0.15) is 0 Å². The van der Waals surface area contributed by atoms with E-state index in [1.54, 1.807) is 0 Å². The summed E-state index contributed by atoms with van der Waals surface area (Å²) in [6.07, 6.45) is 0.582. The van der Waals surface area contributed by atoms with Crippen molar-refractivity contribution in [2.24, 2.45) is 0 Å². The molecule has 114 valence electrons. The van der Waals surface area contributed by atoms with E-state index in [1.807, 2.05) is 0 Å². The van der Waals surface area contributed by atoms with Gasteiger partial charge in [-0.15, -0.1) is 0 Å². The average molecular weight is 294 g/mol. The van der Waals surface area contributed by atoms with Crippen molar-refractivity contribution in [1.29, 1.82) is 0 Å². The normalized spacial score (nSPS) is 11.3. The molecule has 0 aliphatic heterocycles. The SMILES string of the molecule is Cc1cc2nc(CCO)n(Cc3ccccc3C)c2cc1C. The molecule has 0 unspecified atom stereocenters. The van der Waals surface area contributed by atoms with E-state index in [4.69, 9.17) is 4.98 Å². The zero-order valence-electron chi connectivity index (χ0n) is 13.4. The van der Waals surface area contributed by atoms with Crippen LogP contribution >= 0.6 is 0 Å². The van der Waals surface area contributed by atoms with E-state index in [0.29, 0.717) is 6.42 Å². The number of imidazole rings is 1. The number of hydrogen-bond acceptors (Lipinski definition) is 2. The van der Waals surface area contributed by atoms with Crippen molar-refractivity contribution in [2.45, 2.75) is 33.7 Å². The first kappa shape index (κ1) is 14.8. The van der Waals surface area contributed by atoms with Crippen LogP contribution in [0, 0.1) is 20.8 Å². The minimum Gasteiger partial charge on any atom is -0.396 e. The predicted molar refractivity (Wildman–Crippen MR) is 90.3 cm³/mol. The Morgan fingerprint density at radius 2 is 1.73 bits per heavy atom. The molecule has 1 aromatic heterocycles. The third kappa shape index (κ3) is 2.64. The molecule has 0 fully saturated rings. The summed E-state index contributed by atoms with van der Waals surface area (Å²) >= 11 is 0. The highest BCUT2D eigenvalue weighted by atomic mass is 16.3. The number of aliphatic hydroxyl groups is 1. The molecule has 3 nitrogen and oxygen atoms in total. The maximum Gasteiger partial charge on any atom is 0.112 e. The summed E-state index contributed by atoms with van der Waals surface area (Å²) in [5.41, 5.74) is 7.26. The van der Waals surface area contributed by atoms with Crippen molar-refractivity contribution in [3.8, 4) is 0 Å². The van der Waals surface area contributed by atoms with Gasteiger partial charge in [0.15, 0.2) is 0 Å². The zero-order valence-corrected chi connectivity index (χ0v) is 13.4. The topological polar surface area (TPSA) is 38.1 Å². The number of fused-ring (bicyclic) bond motifs is 1. The smallest absolute Gasteiger partial charge is 0.112 e. The lowest BCUT2D eigenvalue weighted by atomic mass is 10.1. The summed E-state index contributed by atoms with van der Waals surface area (Å²) in [5.74, 6) is 0.950. The van der Waals surface area contributed by atoms with E-state index in [0.717, 1.165) is 23.4 Å². The fourth-order valence-electron chi connectivity index (χ4n) is 2.86. The van der Waals surface area contributed by atoms with Crippen LogP contribution in [-0.2, 0) is 13.0 Å². The Bertz CT molecular complexity index is 818. The van der Waals surface area contributed by atoms with Gasteiger partial charge < -0.3 is 9.67 Å². The largest absolute Gasteiger partial charge is 0.396 e. The second-order valence-electron chi connectivity index (χ2n) is 5.94. The van der Waals surface area contributed by atoms with Gasteiger partial charge in [0.2, 0.25) is 0 Å². The molecule has 0 aliphatic carbocycles. The molecule has 0 radical (unpaired) electrons. The molecular weight excluding hydrogens is 272 g/mol. The van der Waals surface area contributed by atoms with E-state index in [-0.39, 0.29) is 6.61 Å². The Labute approximate surface area is 131 Å². The fraction of sp³-hybridized carbons (Fsp3) is 0.316. The van der Waals surface area contributed by atoms with Gasteiger partial charge in [0, 0.05) is 13.0 Å². The first-order chi connectivity index (χ1) is 10.6. The standard InChI is InChI=1S/C19H22N2O/c1-13-6-4-5-7-16(13)12-21-18-11-15(3)14(2)10-17(18)20-19(21)8-9-22/h4-7,10-11,22H,8-9,12H2,1-3H3. The summed E-state index contributed by atoms with van der Waals surface area (Å²) in [6, 6.07) is 12.8. The van der Waals surface area contributed by atoms with Crippen molar-refractivity contribution in [3.63, 3.8) is 0 Å². The third-order valence-corrected chi connectivity index (χ3v) is 4.37. The lowest BCUT2D eigenvalue weighted by Crippen LogP contribution is -2.08. The summed E-state index contributed by atoms with van der Waals surface area (Å²) in [4.78, 5) is 4.73. The molecule has 3 aromatic rings. The van der Waals surface area contributed by atoms with Crippen LogP contribution in [0.5, 0.6) is 0 Å². The molecule has 0 amide bonds. The second-order valence-corrected chi connectivity index (χ2v) is 5.94. The van der Waals surface area contributed by atoms with Crippen LogP contribution in [-0.4, -0.2) is 21.3 Å². The summed E-state index contributed by atoms with van der Waals surface area (Å²) in [6.45, 7) is 7.29. The monoisotopic (exact) mass is 294 g/mol. The maximum atomic E-state index is 9.35. The average Bonchev–Trinajstić information content (AvgIpc) is 2.80. The number of benzene rings is 2. The van der Waals surface area contributed by atoms with Gasteiger partial charge in [-0.1, -0.05) is 24.3 Å². The molecule has 0 saturated carbocycles. The Morgan fingerprint density at radius 1 is 1.00 bits per heavy atom. The molecule has 0 aliphatic rings. The maximum absolute atomic E-state index is 9.35. The number of aromatic nitrogens is 2. The van der Waals surface area contributed by atoms with Gasteiger partial charge >= 0.3 is 0 Å². The highest BCUT2D eigenvalue weighted by Crippen LogP contribution is 2.23. The molecule has 0 spiro atoms. The van der Waals surface area contributed by atoms with E-state index in [2.05, 4.69) is 61.7 Å². The van der Waals surface area contributed by atoms with Crippen LogP contribution in [0.25, 0.3) is 11.0 Å². The van der Waals surface area contributed by atoms with Crippen LogP contribution in [0.4, 0.5) is 0 Å². The third-order valence-electron chi connectivity index (χ3n) is 4.37. The van der Waals surface area contributed by atoms with Crippen molar-refractivity contribution in [1.82, 2.24) is 9.55 Å². The molecule has 1 N–H and O–H groups in total. The molecule has 3 rings (SSSR count). The summed E-state index contributed by atoms with van der Waals surface area (Å²) < 4.78 is 2.24. The van der Waals surface area contributed by atoms with Gasteiger partial charge in [-0.3, -0.25) is 0 Å². The Balaban J connectivity index is 2.15. The molecule has 0 atom stereocenters. The van der Waals surface area contributed by atoms with E-state index < -0.39 is 0 Å². The van der Waals surface area contributed by atoms with E-state index in [1.165, 1.54) is 22.3 Å². The quantitative estimate of drug-likeness (QED) is 0.799. The predicted octanol–water partition coefficient (Wildman–Crippen LogP) is 3.54. The van der Waals surface area contributed by atoms with Gasteiger partial charge in [0.05, 0.1) is 17.6 Å². The Hall–Kier alpha value is -2.13. The van der Waals surface area contributed by atoms with Crippen LogP contribution in [0.3, 0.4) is 0 Å². The second kappa shape index (κ2) is 5.93. The lowest BCUT2D eigenvalue weighted by Gasteiger charge is -2.11. The minimum absolute atomic E-state index is 0.120. The summed E-state index contributed by atoms with van der Waals surface area (Å²) in [7, 11) is 0. The molecule has 1 heterocycles. The molecule has 3 heteroatoms. The van der Waals surface area contributed by atoms with Crippen LogP contribution in [0.15, 0.2) is 36.4 Å². The van der Waals surface area contributed by atoms with Crippen LogP contribution in [0.1, 0.15) is 28.1 Å². The number of hydrogen-bond donors (Lipinski definition) is 1. The van der Waals surface area contributed by atoms with E-state index >= 15 is 0 Å². The fourth-order valence-corrected chi connectivity index (χ4v) is 2.86. The Kier molecular flexibility index (Phi) is 3.99. The van der Waals surface area contributed by atoms with Crippen LogP contribution < -0.4 is 0 Å². The van der Waals surface area contributed by atoms with Crippen molar-refractivity contribution < 1.29 is 5.11 Å². The van der Waals surface area contributed by atoms with Crippen LogP contribution in [0.2, 0.25) is 0 Å². The first-order valence-electron chi connectivity index (χ1n) is 7.72.